The van der Waals surface area contributed by atoms with Gasteiger partial charge in [0.25, 0.3) is 5.91 Å². The number of halogens is 2. The van der Waals surface area contributed by atoms with Gasteiger partial charge in [0.2, 0.25) is 5.91 Å². The first kappa shape index (κ1) is 24.8. The van der Waals surface area contributed by atoms with Gasteiger partial charge in [0, 0.05) is 43.0 Å². The second-order valence-electron chi connectivity index (χ2n) is 5.57. The number of nitrogens with zero attached hydrogens (tertiary/aromatic N) is 1. The van der Waals surface area contributed by atoms with Crippen LogP contribution < -0.4 is 16.4 Å². The minimum Gasteiger partial charge on any atom is -0.380 e. The third-order valence-corrected chi connectivity index (χ3v) is 3.72. The van der Waals surface area contributed by atoms with Crippen LogP contribution in [-0.2, 0) is 9.53 Å². The first-order chi connectivity index (χ1) is 12.0. The van der Waals surface area contributed by atoms with Crippen molar-refractivity contribution in [3.8, 4) is 0 Å². The second kappa shape index (κ2) is 12.2. The van der Waals surface area contributed by atoms with Gasteiger partial charge >= 0.3 is 0 Å². The predicted octanol–water partition coefficient (Wildman–Crippen LogP) is 2.79. The van der Waals surface area contributed by atoms with E-state index in [0.717, 1.165) is 5.56 Å². The van der Waals surface area contributed by atoms with E-state index < -0.39 is 0 Å². The van der Waals surface area contributed by atoms with E-state index in [1.165, 1.54) is 7.11 Å². The van der Waals surface area contributed by atoms with Crippen LogP contribution >= 0.6 is 24.8 Å². The fraction of sp³-hybridized carbons (Fsp3) is 0.278. The van der Waals surface area contributed by atoms with Gasteiger partial charge in [-0.05, 0) is 36.8 Å². The molecule has 27 heavy (non-hydrogen) atoms. The van der Waals surface area contributed by atoms with Crippen LogP contribution in [0.1, 0.15) is 22.3 Å². The van der Waals surface area contributed by atoms with Crippen LogP contribution in [0, 0.1) is 6.92 Å². The molecule has 2 amide bonds. The van der Waals surface area contributed by atoms with Gasteiger partial charge in [-0.1, -0.05) is 6.07 Å². The number of aromatic nitrogens is 1. The number of nitrogens with one attached hydrogen (secondary N) is 2. The number of carbonyl (C=O) groups excluding carboxylic acids is 2. The van der Waals surface area contributed by atoms with Gasteiger partial charge in [0.15, 0.2) is 0 Å². The Hall–Kier alpha value is -2.19. The molecule has 0 aliphatic heterocycles. The molecule has 1 atom stereocenters. The van der Waals surface area contributed by atoms with Crippen molar-refractivity contribution in [3.63, 3.8) is 0 Å². The van der Waals surface area contributed by atoms with Crippen LogP contribution in [-0.4, -0.2) is 36.6 Å². The molecule has 0 fully saturated rings. The van der Waals surface area contributed by atoms with Crippen LogP contribution in [0.4, 0.5) is 11.4 Å². The summed E-state index contributed by atoms with van der Waals surface area (Å²) in [4.78, 5) is 28.2. The average Bonchev–Trinajstić information content (AvgIpc) is 2.63. The lowest BCUT2D eigenvalue weighted by molar-refractivity contribution is -0.118. The van der Waals surface area contributed by atoms with E-state index in [-0.39, 0.29) is 55.7 Å². The Morgan fingerprint density at radius 2 is 1.81 bits per heavy atom. The molecule has 1 heterocycles. The normalized spacial score (nSPS) is 10.8. The van der Waals surface area contributed by atoms with Gasteiger partial charge < -0.3 is 21.1 Å². The van der Waals surface area contributed by atoms with Crippen molar-refractivity contribution < 1.29 is 14.3 Å². The van der Waals surface area contributed by atoms with E-state index in [1.54, 1.807) is 36.7 Å². The zero-order valence-electron chi connectivity index (χ0n) is 15.1. The molecule has 0 radical (unpaired) electrons. The summed E-state index contributed by atoms with van der Waals surface area (Å²) in [5.74, 6) is -0.441. The second-order valence-corrected chi connectivity index (χ2v) is 5.57. The Balaban J connectivity index is 0.00000338. The molecule has 1 unspecified atom stereocenters. The highest BCUT2D eigenvalue weighted by Crippen LogP contribution is 2.21. The molecule has 2 aromatic rings. The van der Waals surface area contributed by atoms with Gasteiger partial charge in [-0.15, -0.1) is 24.8 Å². The zero-order chi connectivity index (χ0) is 18.2. The Labute approximate surface area is 170 Å². The van der Waals surface area contributed by atoms with Crippen molar-refractivity contribution in [2.24, 2.45) is 5.73 Å². The molecule has 4 N–H and O–H groups in total. The topological polar surface area (TPSA) is 106 Å². The standard InChI is InChI=1S/C18H22N4O3.2ClH/c1-12-3-4-14(21-17(23)10-15(11-19)25-2)9-16(12)22-18(24)13-5-7-20-8-6-13;;/h3-9,15H,10-11,19H2,1-2H3,(H,21,23)(H,22,24);2*1H. The molecule has 0 spiro atoms. The van der Waals surface area contributed by atoms with Gasteiger partial charge in [-0.3, -0.25) is 14.6 Å². The average molecular weight is 415 g/mol. The number of aryl methyl sites for hydroxylation is 1. The number of hydrogen-bond donors (Lipinski definition) is 3. The summed E-state index contributed by atoms with van der Waals surface area (Å²) in [5.41, 5.74) is 8.13. The monoisotopic (exact) mass is 414 g/mol. The van der Waals surface area contributed by atoms with Crippen molar-refractivity contribution in [2.45, 2.75) is 19.4 Å². The summed E-state index contributed by atoms with van der Waals surface area (Å²) in [6, 6.07) is 8.59. The van der Waals surface area contributed by atoms with Crippen LogP contribution in [0.2, 0.25) is 0 Å². The lowest BCUT2D eigenvalue weighted by atomic mass is 10.1. The van der Waals surface area contributed by atoms with Crippen molar-refractivity contribution in [1.82, 2.24) is 4.98 Å². The largest absolute Gasteiger partial charge is 0.380 e. The Kier molecular flexibility index (Phi) is 11.2. The van der Waals surface area contributed by atoms with Crippen molar-refractivity contribution in [2.75, 3.05) is 24.3 Å². The minimum atomic E-state index is -0.323. The van der Waals surface area contributed by atoms with E-state index in [1.807, 2.05) is 13.0 Å². The smallest absolute Gasteiger partial charge is 0.255 e. The Morgan fingerprint density at radius 3 is 2.41 bits per heavy atom. The number of methoxy groups -OCH3 is 1. The van der Waals surface area contributed by atoms with Crippen LogP contribution in [0.3, 0.4) is 0 Å². The van der Waals surface area contributed by atoms with Gasteiger partial charge in [-0.2, -0.15) is 0 Å². The van der Waals surface area contributed by atoms with E-state index in [9.17, 15) is 9.59 Å². The molecule has 0 aliphatic carbocycles. The summed E-state index contributed by atoms with van der Waals surface area (Å²) < 4.78 is 5.10. The molecule has 0 saturated carbocycles. The number of amides is 2. The summed E-state index contributed by atoms with van der Waals surface area (Å²) in [6.45, 7) is 2.15. The predicted molar refractivity (Wildman–Crippen MR) is 111 cm³/mol. The Morgan fingerprint density at radius 1 is 1.15 bits per heavy atom. The molecule has 0 saturated heterocycles. The van der Waals surface area contributed by atoms with Gasteiger partial charge in [0.1, 0.15) is 0 Å². The number of pyridine rings is 1. The molecule has 0 aliphatic rings. The lowest BCUT2D eigenvalue weighted by Crippen LogP contribution is -2.28. The zero-order valence-corrected chi connectivity index (χ0v) is 16.7. The van der Waals surface area contributed by atoms with E-state index in [4.69, 9.17) is 10.5 Å². The first-order valence-electron chi connectivity index (χ1n) is 7.88. The lowest BCUT2D eigenvalue weighted by Gasteiger charge is -2.14. The van der Waals surface area contributed by atoms with Crippen molar-refractivity contribution in [1.29, 1.82) is 0 Å². The highest BCUT2D eigenvalue weighted by molar-refractivity contribution is 6.05. The van der Waals surface area contributed by atoms with Crippen LogP contribution in [0.25, 0.3) is 0 Å². The number of rotatable bonds is 7. The summed E-state index contributed by atoms with van der Waals surface area (Å²) >= 11 is 0. The molecular weight excluding hydrogens is 391 g/mol. The maximum atomic E-state index is 12.3. The number of benzene rings is 1. The van der Waals surface area contributed by atoms with Crippen LogP contribution in [0.15, 0.2) is 42.7 Å². The fourth-order valence-corrected chi connectivity index (χ4v) is 2.21. The molecular formula is C18H24Cl2N4O3. The molecule has 1 aromatic carbocycles. The molecule has 148 valence electrons. The molecule has 9 heteroatoms. The fourth-order valence-electron chi connectivity index (χ4n) is 2.21. The SMILES string of the molecule is COC(CN)CC(=O)Nc1ccc(C)c(NC(=O)c2ccncc2)c1.Cl.Cl. The Bertz CT molecular complexity index is 741. The number of anilines is 2. The van der Waals surface area contributed by atoms with Gasteiger partial charge in [0.05, 0.1) is 12.5 Å². The van der Waals surface area contributed by atoms with E-state index >= 15 is 0 Å². The highest BCUT2D eigenvalue weighted by Gasteiger charge is 2.13. The third kappa shape index (κ3) is 7.52. The third-order valence-electron chi connectivity index (χ3n) is 3.72. The first-order valence-corrected chi connectivity index (χ1v) is 7.88. The summed E-state index contributed by atoms with van der Waals surface area (Å²) in [7, 11) is 1.52. The van der Waals surface area contributed by atoms with E-state index in [0.29, 0.717) is 16.9 Å². The van der Waals surface area contributed by atoms with Crippen molar-refractivity contribution >= 4 is 48.0 Å². The van der Waals surface area contributed by atoms with Crippen molar-refractivity contribution in [3.05, 3.63) is 53.9 Å². The van der Waals surface area contributed by atoms with Gasteiger partial charge in [-0.25, -0.2) is 0 Å². The highest BCUT2D eigenvalue weighted by atomic mass is 35.5. The molecule has 7 nitrogen and oxygen atoms in total. The number of ether oxygens (including phenoxy) is 1. The minimum absolute atomic E-state index is 0. The summed E-state index contributed by atoms with van der Waals surface area (Å²) in [6.07, 6.45) is 2.96. The number of hydrogen-bond acceptors (Lipinski definition) is 5. The summed E-state index contributed by atoms with van der Waals surface area (Å²) in [5, 5.41) is 5.63. The van der Waals surface area contributed by atoms with E-state index in [2.05, 4.69) is 15.6 Å². The molecule has 2 rings (SSSR count). The number of nitrogens with two attached hydrogens (primary N) is 1. The molecule has 1 aromatic heterocycles. The maximum absolute atomic E-state index is 12.3. The number of carbonyl (C=O) groups is 2. The quantitative estimate of drug-likeness (QED) is 0.645. The molecule has 0 bridgehead atoms. The maximum Gasteiger partial charge on any atom is 0.255 e. The van der Waals surface area contributed by atoms with Crippen LogP contribution in [0.5, 0.6) is 0 Å².